The third-order valence-electron chi connectivity index (χ3n) is 10.1. The molecular weight excluding hydrogens is 612 g/mol. The van der Waals surface area contributed by atoms with Gasteiger partial charge in [0.05, 0.1) is 11.4 Å². The Morgan fingerprint density at radius 1 is 0.480 bits per heavy atom. The molecule has 0 atom stereocenters. The highest BCUT2D eigenvalue weighted by atomic mass is 19.1. The Hall–Kier alpha value is -5.41. The Bertz CT molecular complexity index is 2300. The van der Waals surface area contributed by atoms with Crippen LogP contribution in [0.25, 0.3) is 55.5 Å². The molecule has 0 saturated carbocycles. The Morgan fingerprint density at radius 3 is 1.94 bits per heavy atom. The van der Waals surface area contributed by atoms with E-state index in [0.29, 0.717) is 5.56 Å². The lowest BCUT2D eigenvalue weighted by Gasteiger charge is -2.15. The highest BCUT2D eigenvalue weighted by molar-refractivity contribution is 5.95. The monoisotopic (exact) mass is 654 g/mol. The number of pyridine rings is 2. The fraction of sp³-hybridized carbons (Fsp3) is 0.191. The fourth-order valence-corrected chi connectivity index (χ4v) is 7.31. The van der Waals surface area contributed by atoms with Crippen molar-refractivity contribution in [3.05, 3.63) is 167 Å². The van der Waals surface area contributed by atoms with E-state index >= 15 is 4.39 Å². The van der Waals surface area contributed by atoms with Crippen molar-refractivity contribution >= 4 is 10.8 Å². The first-order valence-electron chi connectivity index (χ1n) is 17.7. The summed E-state index contributed by atoms with van der Waals surface area (Å²) >= 11 is 0. The van der Waals surface area contributed by atoms with Gasteiger partial charge in [0.25, 0.3) is 0 Å². The molecule has 0 N–H and O–H groups in total. The van der Waals surface area contributed by atoms with Crippen LogP contribution in [0, 0.1) is 33.5 Å². The molecule has 2 nitrogen and oxygen atoms in total. The van der Waals surface area contributed by atoms with Crippen LogP contribution in [0.2, 0.25) is 0 Å². The van der Waals surface area contributed by atoms with Gasteiger partial charge in [0.2, 0.25) is 0 Å². The molecule has 0 aliphatic rings. The minimum Gasteiger partial charge on any atom is -0.256 e. The molecule has 7 aromatic rings. The Balaban J connectivity index is 0.999. The van der Waals surface area contributed by atoms with E-state index in [-0.39, 0.29) is 5.82 Å². The molecule has 0 aliphatic heterocycles. The molecular formula is C47H43FN2. The summed E-state index contributed by atoms with van der Waals surface area (Å²) in [5.74, 6) is -0.208. The highest BCUT2D eigenvalue weighted by Crippen LogP contribution is 2.35. The van der Waals surface area contributed by atoms with Gasteiger partial charge >= 0.3 is 0 Å². The maximum Gasteiger partial charge on any atom is 0.131 e. The molecule has 0 radical (unpaired) electrons. The quantitative estimate of drug-likeness (QED) is 0.137. The van der Waals surface area contributed by atoms with Gasteiger partial charge in [-0.3, -0.25) is 9.97 Å². The van der Waals surface area contributed by atoms with Crippen molar-refractivity contribution in [3.8, 4) is 44.8 Å². The lowest BCUT2D eigenvalue weighted by Crippen LogP contribution is -1.97. The van der Waals surface area contributed by atoms with E-state index in [1.165, 1.54) is 45.4 Å². The summed E-state index contributed by atoms with van der Waals surface area (Å²) in [6, 6.07) is 39.5. The van der Waals surface area contributed by atoms with E-state index in [2.05, 4.69) is 104 Å². The van der Waals surface area contributed by atoms with E-state index < -0.39 is 0 Å². The van der Waals surface area contributed by atoms with Crippen molar-refractivity contribution in [2.24, 2.45) is 0 Å². The molecule has 0 bridgehead atoms. The molecule has 0 amide bonds. The van der Waals surface area contributed by atoms with Gasteiger partial charge in [0.1, 0.15) is 5.82 Å². The van der Waals surface area contributed by atoms with Crippen LogP contribution in [0.1, 0.15) is 52.6 Å². The summed E-state index contributed by atoms with van der Waals surface area (Å²) in [7, 11) is 0. The zero-order valence-corrected chi connectivity index (χ0v) is 29.4. The number of benzene rings is 5. The summed E-state index contributed by atoms with van der Waals surface area (Å²) in [5, 5.41) is 2.20. The summed E-state index contributed by atoms with van der Waals surface area (Å²) < 4.78 is 15.3. The van der Waals surface area contributed by atoms with Gasteiger partial charge < -0.3 is 0 Å². The molecule has 0 saturated heterocycles. The molecule has 0 spiro atoms. The number of aromatic nitrogens is 2. The van der Waals surface area contributed by atoms with E-state index in [4.69, 9.17) is 0 Å². The predicted molar refractivity (Wildman–Crippen MR) is 208 cm³/mol. The maximum atomic E-state index is 15.3. The van der Waals surface area contributed by atoms with Crippen LogP contribution in [0.5, 0.6) is 0 Å². The van der Waals surface area contributed by atoms with Crippen LogP contribution in [0.3, 0.4) is 0 Å². The largest absolute Gasteiger partial charge is 0.256 e. The van der Waals surface area contributed by atoms with E-state index in [1.54, 1.807) is 6.07 Å². The molecule has 0 fully saturated rings. The van der Waals surface area contributed by atoms with Crippen molar-refractivity contribution in [3.63, 3.8) is 0 Å². The van der Waals surface area contributed by atoms with Crippen molar-refractivity contribution < 1.29 is 4.39 Å². The van der Waals surface area contributed by atoms with Crippen LogP contribution in [-0.4, -0.2) is 9.97 Å². The Kier molecular flexibility index (Phi) is 9.67. The number of nitrogens with zero attached hydrogens (tertiary/aromatic N) is 2. The lowest BCUT2D eigenvalue weighted by molar-refractivity contribution is 0.631. The Labute approximate surface area is 295 Å². The molecule has 3 heteroatoms. The zero-order valence-electron chi connectivity index (χ0n) is 29.4. The molecule has 7 rings (SSSR count). The van der Waals surface area contributed by atoms with Crippen molar-refractivity contribution in [1.82, 2.24) is 9.97 Å². The third-order valence-corrected chi connectivity index (χ3v) is 10.1. The second kappa shape index (κ2) is 14.6. The van der Waals surface area contributed by atoms with Gasteiger partial charge in [0.15, 0.2) is 0 Å². The average molecular weight is 655 g/mol. The number of aryl methyl sites for hydroxylation is 6. The molecule has 0 aliphatic carbocycles. The predicted octanol–water partition coefficient (Wildman–Crippen LogP) is 12.6. The molecule has 0 unspecified atom stereocenters. The standard InChI is InChI=1S/C47H43FN2/c1-31-27-42(38-16-12-17-39(29-38)46-19-10-11-23-49-46)33(3)25-36(31)14-6-5-7-15-37-26-34(4)43(28-32(37)2)44-30-40(20-21-45(44)48)47-41-18-9-8-13-35(41)22-24-50-47/h8-13,16-30H,5-7,14-15H2,1-4H3. The topological polar surface area (TPSA) is 25.8 Å². The number of unbranched alkanes of at least 4 members (excludes halogenated alkanes) is 2. The molecule has 248 valence electrons. The number of hydrogen-bond acceptors (Lipinski definition) is 2. The minimum atomic E-state index is -0.208. The van der Waals surface area contributed by atoms with Crippen molar-refractivity contribution in [2.75, 3.05) is 0 Å². The van der Waals surface area contributed by atoms with Crippen LogP contribution < -0.4 is 0 Å². The van der Waals surface area contributed by atoms with Gasteiger partial charge in [-0.2, -0.15) is 0 Å². The van der Waals surface area contributed by atoms with Gasteiger partial charge in [-0.15, -0.1) is 0 Å². The van der Waals surface area contributed by atoms with E-state index in [9.17, 15) is 0 Å². The van der Waals surface area contributed by atoms with Crippen LogP contribution >= 0.6 is 0 Å². The molecule has 2 heterocycles. The van der Waals surface area contributed by atoms with E-state index in [0.717, 1.165) is 70.1 Å². The van der Waals surface area contributed by atoms with Crippen LogP contribution in [0.15, 0.2) is 128 Å². The maximum absolute atomic E-state index is 15.3. The first-order chi connectivity index (χ1) is 24.4. The summed E-state index contributed by atoms with van der Waals surface area (Å²) in [4.78, 5) is 9.22. The first kappa shape index (κ1) is 33.1. The number of rotatable bonds is 10. The fourth-order valence-electron chi connectivity index (χ4n) is 7.31. The third kappa shape index (κ3) is 7.00. The summed E-state index contributed by atoms with van der Waals surface area (Å²) in [6.07, 6.45) is 9.24. The SMILES string of the molecule is Cc1cc(-c2cccc(-c3ccccn3)c2)c(C)cc1CCCCCc1cc(C)c(-c2cc(-c3nccc4ccccc34)ccc2F)cc1C. The average Bonchev–Trinajstić information content (AvgIpc) is 3.14. The zero-order chi connectivity index (χ0) is 34.6. The van der Waals surface area contributed by atoms with Gasteiger partial charge in [-0.1, -0.05) is 79.2 Å². The summed E-state index contributed by atoms with van der Waals surface area (Å²) in [5.41, 5.74) is 15.8. The second-order valence-electron chi connectivity index (χ2n) is 13.6. The van der Waals surface area contributed by atoms with Crippen LogP contribution in [0.4, 0.5) is 4.39 Å². The van der Waals surface area contributed by atoms with Crippen molar-refractivity contribution in [1.29, 1.82) is 0 Å². The Morgan fingerprint density at radius 2 is 1.18 bits per heavy atom. The number of fused-ring (bicyclic) bond motifs is 1. The highest BCUT2D eigenvalue weighted by Gasteiger charge is 2.15. The number of halogens is 1. The second-order valence-corrected chi connectivity index (χ2v) is 13.6. The minimum absolute atomic E-state index is 0.208. The van der Waals surface area contributed by atoms with Gasteiger partial charge in [-0.05, 0) is 151 Å². The number of hydrogen-bond donors (Lipinski definition) is 0. The lowest BCUT2D eigenvalue weighted by atomic mass is 9.90. The molecule has 5 aromatic carbocycles. The van der Waals surface area contributed by atoms with Crippen molar-refractivity contribution in [2.45, 2.75) is 59.8 Å². The van der Waals surface area contributed by atoms with E-state index in [1.807, 2.05) is 54.9 Å². The smallest absolute Gasteiger partial charge is 0.131 e. The van der Waals surface area contributed by atoms with Crippen LogP contribution in [-0.2, 0) is 12.8 Å². The van der Waals surface area contributed by atoms with Gasteiger partial charge in [-0.25, -0.2) is 4.39 Å². The molecule has 50 heavy (non-hydrogen) atoms. The van der Waals surface area contributed by atoms with Gasteiger partial charge in [0, 0.05) is 34.5 Å². The normalized spacial score (nSPS) is 11.3. The molecule has 2 aromatic heterocycles. The summed E-state index contributed by atoms with van der Waals surface area (Å²) in [6.45, 7) is 8.73. The first-order valence-corrected chi connectivity index (χ1v) is 17.7.